The molecular weight excluding hydrogens is 474 g/mol. The number of ketones is 1. The molecule has 1 N–H and O–H groups in total. The van der Waals surface area contributed by atoms with Crippen LogP contribution in [0.25, 0.3) is 16.0 Å². The van der Waals surface area contributed by atoms with Gasteiger partial charge in [0, 0.05) is 11.8 Å². The minimum absolute atomic E-state index is 0.0762. The number of halogens is 1. The summed E-state index contributed by atoms with van der Waals surface area (Å²) in [5, 5.41) is 12.0. The molecule has 1 fully saturated rings. The molecule has 1 amide bonds. The number of pyridine rings is 1. The number of carbonyl (C=O) groups is 2. The van der Waals surface area contributed by atoms with Gasteiger partial charge in [-0.15, -0.1) is 0 Å². The lowest BCUT2D eigenvalue weighted by atomic mass is 9.98. The molecule has 5 rings (SSSR count). The number of hydrogen-bond donors (Lipinski definition) is 1. The van der Waals surface area contributed by atoms with E-state index in [4.69, 9.17) is 16.3 Å². The van der Waals surface area contributed by atoms with Gasteiger partial charge in [0.05, 0.1) is 33.1 Å². The van der Waals surface area contributed by atoms with Crippen LogP contribution in [0.2, 0.25) is 5.02 Å². The second-order valence-electron chi connectivity index (χ2n) is 7.47. The van der Waals surface area contributed by atoms with Crippen LogP contribution < -0.4 is 9.64 Å². The molecule has 1 saturated heterocycles. The van der Waals surface area contributed by atoms with Gasteiger partial charge in [-0.3, -0.25) is 19.5 Å². The number of aliphatic hydroxyl groups excluding tert-OH is 1. The molecule has 0 saturated carbocycles. The summed E-state index contributed by atoms with van der Waals surface area (Å²) in [4.78, 5) is 36.8. The summed E-state index contributed by atoms with van der Waals surface area (Å²) in [5.41, 5.74) is 1.37. The first-order chi connectivity index (χ1) is 16.5. The molecule has 2 aromatic heterocycles. The number of aliphatic hydroxyl groups is 1. The van der Waals surface area contributed by atoms with Crippen molar-refractivity contribution in [2.45, 2.75) is 13.0 Å². The van der Waals surface area contributed by atoms with E-state index in [1.54, 1.807) is 42.6 Å². The highest BCUT2D eigenvalue weighted by atomic mass is 35.5. The van der Waals surface area contributed by atoms with E-state index in [1.807, 2.05) is 31.2 Å². The van der Waals surface area contributed by atoms with Gasteiger partial charge in [0.2, 0.25) is 0 Å². The molecule has 9 heteroatoms. The number of aromatic nitrogens is 2. The Balaban J connectivity index is 1.71. The molecule has 34 heavy (non-hydrogen) atoms. The fourth-order valence-corrected chi connectivity index (χ4v) is 5.05. The SMILES string of the molecule is CCOc1cc(/C(O)=C2\C(=O)C(=O)N(c3nc4ccccc4s3)C2c2ccccn2)ccc1Cl. The maximum Gasteiger partial charge on any atom is 0.301 e. The lowest BCUT2D eigenvalue weighted by molar-refractivity contribution is -0.132. The summed E-state index contributed by atoms with van der Waals surface area (Å²) in [7, 11) is 0. The molecule has 0 radical (unpaired) electrons. The summed E-state index contributed by atoms with van der Waals surface area (Å²) < 4.78 is 6.40. The predicted octanol–water partition coefficient (Wildman–Crippen LogP) is 5.37. The lowest BCUT2D eigenvalue weighted by Gasteiger charge is -2.22. The zero-order valence-electron chi connectivity index (χ0n) is 17.9. The van der Waals surface area contributed by atoms with Gasteiger partial charge < -0.3 is 9.84 Å². The number of Topliss-reactive ketones (excluding diaryl/α,β-unsaturated/α-hetero) is 1. The van der Waals surface area contributed by atoms with Crippen LogP contribution >= 0.6 is 22.9 Å². The highest BCUT2D eigenvalue weighted by molar-refractivity contribution is 7.22. The largest absolute Gasteiger partial charge is 0.507 e. The molecule has 1 aliphatic rings. The Kier molecular flexibility index (Phi) is 5.77. The maximum absolute atomic E-state index is 13.3. The summed E-state index contributed by atoms with van der Waals surface area (Å²) in [6, 6.07) is 16.4. The van der Waals surface area contributed by atoms with E-state index in [1.165, 1.54) is 16.2 Å². The molecule has 3 heterocycles. The van der Waals surface area contributed by atoms with Gasteiger partial charge in [-0.2, -0.15) is 0 Å². The number of ether oxygens (including phenoxy) is 1. The molecule has 170 valence electrons. The van der Waals surface area contributed by atoms with E-state index in [-0.39, 0.29) is 11.3 Å². The van der Waals surface area contributed by atoms with Crippen molar-refractivity contribution in [3.8, 4) is 5.75 Å². The van der Waals surface area contributed by atoms with Gasteiger partial charge in [0.1, 0.15) is 17.6 Å². The molecule has 1 atom stereocenters. The Morgan fingerprint density at radius 1 is 1.15 bits per heavy atom. The topological polar surface area (TPSA) is 92.6 Å². The van der Waals surface area contributed by atoms with Crippen molar-refractivity contribution in [2.75, 3.05) is 11.5 Å². The third-order valence-corrected chi connectivity index (χ3v) is 6.75. The lowest BCUT2D eigenvalue weighted by Crippen LogP contribution is -2.29. The van der Waals surface area contributed by atoms with Gasteiger partial charge in [-0.05, 0) is 49.4 Å². The van der Waals surface area contributed by atoms with Crippen molar-refractivity contribution in [1.82, 2.24) is 9.97 Å². The normalized spacial score (nSPS) is 17.5. The van der Waals surface area contributed by atoms with E-state index >= 15 is 0 Å². The molecular formula is C25H18ClN3O4S. The maximum atomic E-state index is 13.3. The third-order valence-electron chi connectivity index (χ3n) is 5.41. The number of amides is 1. The van der Waals surface area contributed by atoms with Crippen molar-refractivity contribution in [3.05, 3.63) is 88.7 Å². The summed E-state index contributed by atoms with van der Waals surface area (Å²) >= 11 is 7.48. The van der Waals surface area contributed by atoms with Crippen LogP contribution in [0, 0.1) is 0 Å². The first kappa shape index (κ1) is 22.1. The average Bonchev–Trinajstić information content (AvgIpc) is 3.39. The van der Waals surface area contributed by atoms with Crippen LogP contribution in [0.4, 0.5) is 5.13 Å². The molecule has 2 aromatic carbocycles. The van der Waals surface area contributed by atoms with E-state index in [0.717, 1.165) is 4.70 Å². The van der Waals surface area contributed by atoms with Gasteiger partial charge >= 0.3 is 5.91 Å². The number of benzene rings is 2. The van der Waals surface area contributed by atoms with Crippen LogP contribution in [0.1, 0.15) is 24.2 Å². The molecule has 0 bridgehead atoms. The monoisotopic (exact) mass is 491 g/mol. The highest BCUT2D eigenvalue weighted by Gasteiger charge is 2.48. The Morgan fingerprint density at radius 2 is 1.94 bits per heavy atom. The third kappa shape index (κ3) is 3.70. The van der Waals surface area contributed by atoms with Gasteiger partial charge in [-0.25, -0.2) is 4.98 Å². The molecule has 7 nitrogen and oxygen atoms in total. The van der Waals surface area contributed by atoms with Gasteiger partial charge in [0.25, 0.3) is 5.78 Å². The molecule has 1 unspecified atom stereocenters. The number of nitrogens with zero attached hydrogens (tertiary/aromatic N) is 3. The summed E-state index contributed by atoms with van der Waals surface area (Å²) in [6.07, 6.45) is 1.57. The van der Waals surface area contributed by atoms with Crippen molar-refractivity contribution in [1.29, 1.82) is 0 Å². The van der Waals surface area contributed by atoms with E-state index in [0.29, 0.717) is 39.3 Å². The number of thiazole rings is 1. The minimum atomic E-state index is -0.951. The number of hydrogen-bond acceptors (Lipinski definition) is 7. The summed E-state index contributed by atoms with van der Waals surface area (Å²) in [5.74, 6) is -1.58. The first-order valence-corrected chi connectivity index (χ1v) is 11.7. The van der Waals surface area contributed by atoms with Crippen molar-refractivity contribution < 1.29 is 19.4 Å². The molecule has 0 spiro atoms. The number of para-hydroxylation sites is 1. The molecule has 0 aliphatic carbocycles. The Labute approximate surface area is 203 Å². The van der Waals surface area contributed by atoms with E-state index in [9.17, 15) is 14.7 Å². The minimum Gasteiger partial charge on any atom is -0.507 e. The number of anilines is 1. The number of fused-ring (bicyclic) bond motifs is 1. The number of carbonyl (C=O) groups excluding carboxylic acids is 2. The van der Waals surface area contributed by atoms with Crippen LogP contribution in [0.15, 0.2) is 72.4 Å². The zero-order chi connectivity index (χ0) is 23.8. The zero-order valence-corrected chi connectivity index (χ0v) is 19.5. The Morgan fingerprint density at radius 3 is 2.68 bits per heavy atom. The fourth-order valence-electron chi connectivity index (χ4n) is 3.88. The second-order valence-corrected chi connectivity index (χ2v) is 8.88. The molecule has 4 aromatic rings. The quantitative estimate of drug-likeness (QED) is 0.229. The van der Waals surface area contributed by atoms with E-state index in [2.05, 4.69) is 9.97 Å². The van der Waals surface area contributed by atoms with Gasteiger partial charge in [0.15, 0.2) is 5.13 Å². The fraction of sp³-hybridized carbons (Fsp3) is 0.120. The van der Waals surface area contributed by atoms with Crippen molar-refractivity contribution in [2.24, 2.45) is 0 Å². The second kappa shape index (κ2) is 8.89. The van der Waals surface area contributed by atoms with Crippen LogP contribution in [0.3, 0.4) is 0 Å². The highest BCUT2D eigenvalue weighted by Crippen LogP contribution is 2.44. The average molecular weight is 492 g/mol. The smallest absolute Gasteiger partial charge is 0.301 e. The van der Waals surface area contributed by atoms with Crippen LogP contribution in [-0.2, 0) is 9.59 Å². The van der Waals surface area contributed by atoms with Crippen LogP contribution in [-0.4, -0.2) is 33.4 Å². The Bertz CT molecular complexity index is 1420. The van der Waals surface area contributed by atoms with Crippen LogP contribution in [0.5, 0.6) is 5.75 Å². The first-order valence-electron chi connectivity index (χ1n) is 10.5. The number of rotatable bonds is 5. The molecule has 1 aliphatic heterocycles. The van der Waals surface area contributed by atoms with E-state index < -0.39 is 17.7 Å². The van der Waals surface area contributed by atoms with Gasteiger partial charge in [-0.1, -0.05) is 41.1 Å². The standard InChI is InChI=1S/C25H18ClN3O4S/c1-2-33-18-13-14(10-11-15(18)26)22(30)20-21(17-8-5-6-12-27-17)29(24(32)23(20)31)25-28-16-7-3-4-9-19(16)34-25/h3-13,21,30H,2H2,1H3/b22-20+. The van der Waals surface area contributed by atoms with Crippen molar-refractivity contribution >= 4 is 55.7 Å². The van der Waals surface area contributed by atoms with Crippen molar-refractivity contribution in [3.63, 3.8) is 0 Å². The Hall–Kier alpha value is -3.75. The predicted molar refractivity (Wildman–Crippen MR) is 131 cm³/mol. The summed E-state index contributed by atoms with van der Waals surface area (Å²) in [6.45, 7) is 2.19.